The van der Waals surface area contributed by atoms with E-state index in [-0.39, 0.29) is 5.91 Å². The number of hydrogen-bond donors (Lipinski definition) is 1. The van der Waals surface area contributed by atoms with E-state index in [4.69, 9.17) is 11.6 Å². The molecule has 0 bridgehead atoms. The third-order valence-electron chi connectivity index (χ3n) is 2.96. The van der Waals surface area contributed by atoms with Gasteiger partial charge in [0.2, 0.25) is 0 Å². The van der Waals surface area contributed by atoms with Crippen molar-refractivity contribution < 1.29 is 4.79 Å². The zero-order chi connectivity index (χ0) is 12.5. The fourth-order valence-electron chi connectivity index (χ4n) is 1.92. The third-order valence-corrected chi connectivity index (χ3v) is 3.26. The Morgan fingerprint density at radius 2 is 2.22 bits per heavy atom. The lowest BCUT2D eigenvalue weighted by molar-refractivity contribution is 0.101. The number of rotatable bonds is 3. The first-order valence-electron chi connectivity index (χ1n) is 5.84. The number of nitrogens with zero attached hydrogens (tertiary/aromatic N) is 2. The molecular formula is C13H12ClN3O. The van der Waals surface area contributed by atoms with Crippen LogP contribution in [0, 0.1) is 0 Å². The van der Waals surface area contributed by atoms with Crippen LogP contribution in [0.2, 0.25) is 5.15 Å². The highest BCUT2D eigenvalue weighted by molar-refractivity contribution is 6.32. The minimum atomic E-state index is -0.151. The molecule has 1 saturated carbocycles. The topological polar surface area (TPSA) is 46.9 Å². The first-order valence-corrected chi connectivity index (χ1v) is 6.22. The minimum Gasteiger partial charge on any atom is -0.340 e. The first kappa shape index (κ1) is 11.3. The normalized spacial score (nSPS) is 14.5. The Morgan fingerprint density at radius 3 is 2.94 bits per heavy atom. The summed E-state index contributed by atoms with van der Waals surface area (Å²) in [5, 5.41) is 3.08. The van der Waals surface area contributed by atoms with Gasteiger partial charge in [-0.25, -0.2) is 4.98 Å². The number of amides is 1. The Labute approximate surface area is 110 Å². The second-order valence-electron chi connectivity index (χ2n) is 4.33. The Balaban J connectivity index is 1.83. The zero-order valence-electron chi connectivity index (χ0n) is 9.64. The van der Waals surface area contributed by atoms with Crippen LogP contribution in [0.15, 0.2) is 36.7 Å². The van der Waals surface area contributed by atoms with Crippen LogP contribution < -0.4 is 5.32 Å². The zero-order valence-corrected chi connectivity index (χ0v) is 10.4. The summed E-state index contributed by atoms with van der Waals surface area (Å²) in [5.41, 5.74) is 1.20. The minimum absolute atomic E-state index is 0.151. The molecule has 0 aliphatic heterocycles. The van der Waals surface area contributed by atoms with E-state index in [1.165, 1.54) is 0 Å². The number of pyridine rings is 1. The summed E-state index contributed by atoms with van der Waals surface area (Å²) in [6.07, 6.45) is 5.81. The lowest BCUT2D eigenvalue weighted by Gasteiger charge is -2.09. The molecule has 0 atom stereocenters. The molecule has 1 aliphatic carbocycles. The summed E-state index contributed by atoms with van der Waals surface area (Å²) in [4.78, 5) is 16.1. The average molecular weight is 262 g/mol. The number of halogens is 1. The van der Waals surface area contributed by atoms with E-state index in [1.54, 1.807) is 18.3 Å². The highest BCUT2D eigenvalue weighted by Gasteiger charge is 2.26. The highest BCUT2D eigenvalue weighted by Crippen LogP contribution is 2.36. The average Bonchev–Trinajstić information content (AvgIpc) is 3.09. The van der Waals surface area contributed by atoms with Gasteiger partial charge in [-0.05, 0) is 37.1 Å². The van der Waals surface area contributed by atoms with Crippen LogP contribution in [0.4, 0.5) is 5.69 Å². The van der Waals surface area contributed by atoms with Gasteiger partial charge >= 0.3 is 0 Å². The van der Waals surface area contributed by atoms with Crippen LogP contribution in [0.1, 0.15) is 29.4 Å². The summed E-state index contributed by atoms with van der Waals surface area (Å²) in [6.45, 7) is 0. The van der Waals surface area contributed by atoms with E-state index in [0.29, 0.717) is 22.6 Å². The fraction of sp³-hybridized carbons (Fsp3) is 0.231. The van der Waals surface area contributed by atoms with Gasteiger partial charge in [-0.1, -0.05) is 11.6 Å². The fourth-order valence-corrected chi connectivity index (χ4v) is 2.09. The van der Waals surface area contributed by atoms with Gasteiger partial charge in [-0.2, -0.15) is 0 Å². The van der Waals surface area contributed by atoms with Gasteiger partial charge in [-0.3, -0.25) is 4.79 Å². The second kappa shape index (κ2) is 4.46. The molecule has 1 N–H and O–H groups in total. The van der Waals surface area contributed by atoms with Crippen molar-refractivity contribution >= 4 is 23.2 Å². The van der Waals surface area contributed by atoms with Crippen LogP contribution >= 0.6 is 11.6 Å². The van der Waals surface area contributed by atoms with E-state index in [0.717, 1.165) is 12.8 Å². The molecule has 4 nitrogen and oxygen atoms in total. The van der Waals surface area contributed by atoms with Crippen molar-refractivity contribution in [3.05, 3.63) is 47.5 Å². The lowest BCUT2D eigenvalue weighted by atomic mass is 10.3. The van der Waals surface area contributed by atoms with Gasteiger partial charge in [-0.15, -0.1) is 0 Å². The number of carbonyl (C=O) groups is 1. The van der Waals surface area contributed by atoms with Crippen LogP contribution in [0.25, 0.3) is 0 Å². The molecule has 0 radical (unpaired) electrons. The molecule has 92 valence electrons. The largest absolute Gasteiger partial charge is 0.340 e. The number of carbonyl (C=O) groups excluding carboxylic acids is 1. The maximum Gasteiger partial charge on any atom is 0.272 e. The molecule has 2 heterocycles. The van der Waals surface area contributed by atoms with Crippen molar-refractivity contribution in [1.82, 2.24) is 9.55 Å². The Hall–Kier alpha value is -1.81. The predicted molar refractivity (Wildman–Crippen MR) is 69.9 cm³/mol. The van der Waals surface area contributed by atoms with Crippen molar-refractivity contribution in [3.8, 4) is 0 Å². The SMILES string of the molecule is O=C(Nc1cccnc1Cl)c1cccn1C1CC1. The highest BCUT2D eigenvalue weighted by atomic mass is 35.5. The van der Waals surface area contributed by atoms with Gasteiger partial charge in [0.05, 0.1) is 5.69 Å². The predicted octanol–water partition coefficient (Wildman–Crippen LogP) is 3.12. The Kier molecular flexibility index (Phi) is 2.80. The molecule has 1 aliphatic rings. The molecule has 0 aromatic carbocycles. The van der Waals surface area contributed by atoms with Crippen molar-refractivity contribution in [2.24, 2.45) is 0 Å². The van der Waals surface area contributed by atoms with Crippen molar-refractivity contribution in [3.63, 3.8) is 0 Å². The van der Waals surface area contributed by atoms with Gasteiger partial charge in [0.25, 0.3) is 5.91 Å². The van der Waals surface area contributed by atoms with Gasteiger partial charge < -0.3 is 9.88 Å². The molecule has 1 amide bonds. The third kappa shape index (κ3) is 2.11. The van der Waals surface area contributed by atoms with Crippen LogP contribution in [0.3, 0.4) is 0 Å². The van der Waals surface area contributed by atoms with E-state index < -0.39 is 0 Å². The summed E-state index contributed by atoms with van der Waals surface area (Å²) in [6, 6.07) is 7.65. The van der Waals surface area contributed by atoms with E-state index >= 15 is 0 Å². The Bertz CT molecular complexity index is 589. The standard InChI is InChI=1S/C13H12ClN3O/c14-12-10(3-1-7-15-12)16-13(18)11-4-2-8-17(11)9-5-6-9/h1-4,7-9H,5-6H2,(H,16,18). The van der Waals surface area contributed by atoms with Crippen molar-refractivity contribution in [2.75, 3.05) is 5.32 Å². The summed E-state index contributed by atoms with van der Waals surface area (Å²) < 4.78 is 2.01. The van der Waals surface area contributed by atoms with Crippen molar-refractivity contribution in [1.29, 1.82) is 0 Å². The van der Waals surface area contributed by atoms with Gasteiger partial charge in [0.15, 0.2) is 5.15 Å². The van der Waals surface area contributed by atoms with Crippen LogP contribution in [-0.2, 0) is 0 Å². The van der Waals surface area contributed by atoms with Crippen LogP contribution in [0.5, 0.6) is 0 Å². The summed E-state index contributed by atoms with van der Waals surface area (Å²) >= 11 is 5.91. The van der Waals surface area contributed by atoms with E-state index in [1.807, 2.05) is 22.9 Å². The summed E-state index contributed by atoms with van der Waals surface area (Å²) in [7, 11) is 0. The van der Waals surface area contributed by atoms with Crippen LogP contribution in [-0.4, -0.2) is 15.5 Å². The molecule has 0 spiro atoms. The molecule has 2 aromatic rings. The van der Waals surface area contributed by atoms with Gasteiger partial charge in [0, 0.05) is 18.4 Å². The smallest absolute Gasteiger partial charge is 0.272 e. The molecule has 5 heteroatoms. The molecular weight excluding hydrogens is 250 g/mol. The number of nitrogens with one attached hydrogen (secondary N) is 1. The number of hydrogen-bond acceptors (Lipinski definition) is 2. The monoisotopic (exact) mass is 261 g/mol. The molecule has 3 rings (SSSR count). The van der Waals surface area contributed by atoms with E-state index in [2.05, 4.69) is 10.3 Å². The van der Waals surface area contributed by atoms with Gasteiger partial charge in [0.1, 0.15) is 5.69 Å². The molecule has 0 unspecified atom stereocenters. The van der Waals surface area contributed by atoms with Crippen molar-refractivity contribution in [2.45, 2.75) is 18.9 Å². The second-order valence-corrected chi connectivity index (χ2v) is 4.69. The van der Waals surface area contributed by atoms with E-state index in [9.17, 15) is 4.79 Å². The lowest BCUT2D eigenvalue weighted by Crippen LogP contribution is -2.16. The maximum absolute atomic E-state index is 12.2. The molecule has 0 saturated heterocycles. The maximum atomic E-state index is 12.2. The summed E-state index contributed by atoms with van der Waals surface area (Å²) in [5.74, 6) is -0.151. The number of aromatic nitrogens is 2. The molecule has 1 fully saturated rings. The first-order chi connectivity index (χ1) is 8.75. The Morgan fingerprint density at radius 1 is 1.39 bits per heavy atom. The number of anilines is 1. The molecule has 2 aromatic heterocycles. The quantitative estimate of drug-likeness (QED) is 0.863. The molecule has 18 heavy (non-hydrogen) atoms.